The molecule has 2 rings (SSSR count). The van der Waals surface area contributed by atoms with Crippen LogP contribution < -0.4 is 0 Å². The van der Waals surface area contributed by atoms with Crippen LogP contribution in [0.5, 0.6) is 0 Å². The summed E-state index contributed by atoms with van der Waals surface area (Å²) in [5.74, 6) is -2.70. The smallest absolute Gasteiger partial charge is 0.336 e. The molecule has 0 aliphatic heterocycles. The molecule has 0 aliphatic rings. The Morgan fingerprint density at radius 2 is 1.59 bits per heavy atom. The van der Waals surface area contributed by atoms with E-state index in [1.807, 2.05) is 0 Å². The summed E-state index contributed by atoms with van der Waals surface area (Å²) in [5, 5.41) is 8.95. The van der Waals surface area contributed by atoms with E-state index in [1.54, 1.807) is 0 Å². The topological polar surface area (TPSA) is 37.3 Å². The first-order valence-corrected chi connectivity index (χ1v) is 4.88. The molecule has 0 spiro atoms. The van der Waals surface area contributed by atoms with Crippen molar-refractivity contribution >= 4 is 5.97 Å². The van der Waals surface area contributed by atoms with Crippen LogP contribution in [0, 0.1) is 11.6 Å². The lowest BCUT2D eigenvalue weighted by molar-refractivity contribution is 0.0697. The normalized spacial score (nSPS) is 10.2. The molecule has 0 saturated carbocycles. The van der Waals surface area contributed by atoms with E-state index in [-0.39, 0.29) is 16.7 Å². The van der Waals surface area contributed by atoms with E-state index in [0.29, 0.717) is 0 Å². The van der Waals surface area contributed by atoms with Crippen LogP contribution in [-0.4, -0.2) is 11.1 Å². The Morgan fingerprint density at radius 3 is 2.24 bits per heavy atom. The fourth-order valence-corrected chi connectivity index (χ4v) is 1.64. The molecule has 0 aromatic heterocycles. The van der Waals surface area contributed by atoms with Crippen molar-refractivity contribution in [1.29, 1.82) is 0 Å². The summed E-state index contributed by atoms with van der Waals surface area (Å²) in [6.45, 7) is 0. The van der Waals surface area contributed by atoms with Crippen molar-refractivity contribution in [2.45, 2.75) is 0 Å². The molecule has 0 unspecified atom stereocenters. The molecule has 1 N–H and O–H groups in total. The Labute approximate surface area is 96.1 Å². The third-order valence-corrected chi connectivity index (χ3v) is 2.39. The summed E-state index contributed by atoms with van der Waals surface area (Å²) in [6, 6.07) is 9.12. The number of carboxylic acids is 1. The van der Waals surface area contributed by atoms with Gasteiger partial charge in [0.1, 0.15) is 11.6 Å². The van der Waals surface area contributed by atoms with E-state index in [4.69, 9.17) is 5.11 Å². The van der Waals surface area contributed by atoms with E-state index in [0.717, 1.165) is 12.1 Å². The molecule has 0 heterocycles. The molecule has 0 saturated heterocycles. The fourth-order valence-electron chi connectivity index (χ4n) is 1.64. The number of aromatic carboxylic acids is 1. The third-order valence-electron chi connectivity index (χ3n) is 2.39. The first-order chi connectivity index (χ1) is 8.11. The lowest BCUT2D eigenvalue weighted by Gasteiger charge is -2.08. The number of rotatable bonds is 2. The maximum atomic E-state index is 13.6. The first-order valence-electron chi connectivity index (χ1n) is 4.88. The van der Waals surface area contributed by atoms with Gasteiger partial charge in [-0.05, 0) is 18.2 Å². The van der Waals surface area contributed by atoms with Crippen molar-refractivity contribution in [3.05, 3.63) is 59.7 Å². The summed E-state index contributed by atoms with van der Waals surface area (Å²) >= 11 is 0. The van der Waals surface area contributed by atoms with Gasteiger partial charge < -0.3 is 5.11 Å². The largest absolute Gasteiger partial charge is 0.478 e. The Hall–Kier alpha value is -2.23. The Balaban J connectivity index is 2.75. The molecule has 0 atom stereocenters. The molecule has 2 aromatic carbocycles. The predicted octanol–water partition coefficient (Wildman–Crippen LogP) is 3.33. The van der Waals surface area contributed by atoms with Gasteiger partial charge in [0.25, 0.3) is 0 Å². The fraction of sp³-hybridized carbons (Fsp3) is 0. The van der Waals surface area contributed by atoms with Gasteiger partial charge in [-0.25, -0.2) is 13.6 Å². The van der Waals surface area contributed by atoms with Gasteiger partial charge in [0.15, 0.2) is 0 Å². The van der Waals surface area contributed by atoms with Gasteiger partial charge in [0.2, 0.25) is 0 Å². The highest BCUT2D eigenvalue weighted by atomic mass is 19.1. The Kier molecular flexibility index (Phi) is 2.87. The lowest BCUT2D eigenvalue weighted by atomic mass is 9.98. The van der Waals surface area contributed by atoms with E-state index in [1.165, 1.54) is 30.3 Å². The van der Waals surface area contributed by atoms with Gasteiger partial charge >= 0.3 is 5.97 Å². The highest BCUT2D eigenvalue weighted by Gasteiger charge is 2.18. The van der Waals surface area contributed by atoms with E-state index >= 15 is 0 Å². The van der Waals surface area contributed by atoms with Gasteiger partial charge in [-0.3, -0.25) is 0 Å². The van der Waals surface area contributed by atoms with Gasteiger partial charge in [0.05, 0.1) is 5.56 Å². The monoisotopic (exact) mass is 234 g/mol. The van der Waals surface area contributed by atoms with Gasteiger partial charge in [-0.1, -0.05) is 24.3 Å². The van der Waals surface area contributed by atoms with Crippen molar-refractivity contribution in [3.8, 4) is 11.1 Å². The van der Waals surface area contributed by atoms with Crippen molar-refractivity contribution in [2.75, 3.05) is 0 Å². The molecule has 2 nitrogen and oxygen atoms in total. The molecule has 17 heavy (non-hydrogen) atoms. The quantitative estimate of drug-likeness (QED) is 0.865. The predicted molar refractivity (Wildman–Crippen MR) is 58.8 cm³/mol. The number of benzene rings is 2. The van der Waals surface area contributed by atoms with Crippen LogP contribution in [0.3, 0.4) is 0 Å². The van der Waals surface area contributed by atoms with Crippen LogP contribution in [0.25, 0.3) is 11.1 Å². The second-order valence-corrected chi connectivity index (χ2v) is 3.45. The summed E-state index contributed by atoms with van der Waals surface area (Å²) < 4.78 is 27.2. The van der Waals surface area contributed by atoms with Crippen LogP contribution in [0.4, 0.5) is 8.78 Å². The summed E-state index contributed by atoms with van der Waals surface area (Å²) in [5.41, 5.74) is -0.531. The van der Waals surface area contributed by atoms with Gasteiger partial charge in [0, 0.05) is 11.1 Å². The van der Waals surface area contributed by atoms with Crippen molar-refractivity contribution in [3.63, 3.8) is 0 Å². The second kappa shape index (κ2) is 4.33. The molecule has 0 amide bonds. The molecule has 0 aliphatic carbocycles. The van der Waals surface area contributed by atoms with Crippen LogP contribution in [0.15, 0.2) is 42.5 Å². The highest BCUT2D eigenvalue weighted by Crippen LogP contribution is 2.28. The molecule has 0 fully saturated rings. The highest BCUT2D eigenvalue weighted by molar-refractivity contribution is 5.96. The van der Waals surface area contributed by atoms with Crippen LogP contribution in [0.1, 0.15) is 10.4 Å². The zero-order valence-electron chi connectivity index (χ0n) is 8.65. The molecular formula is C13H8F2O2. The Morgan fingerprint density at radius 1 is 0.941 bits per heavy atom. The van der Waals surface area contributed by atoms with Crippen molar-refractivity contribution in [2.24, 2.45) is 0 Å². The standard InChI is InChI=1S/C13H8F2O2/c14-10-6-2-1-4-8(10)12-9(13(16)17)5-3-7-11(12)15/h1-7H,(H,16,17). The van der Waals surface area contributed by atoms with Crippen molar-refractivity contribution < 1.29 is 18.7 Å². The molecule has 86 valence electrons. The summed E-state index contributed by atoms with van der Waals surface area (Å²) in [7, 11) is 0. The van der Waals surface area contributed by atoms with E-state index < -0.39 is 17.6 Å². The molecular weight excluding hydrogens is 226 g/mol. The molecule has 4 heteroatoms. The summed E-state index contributed by atoms with van der Waals surface area (Å²) in [4.78, 5) is 11.0. The van der Waals surface area contributed by atoms with E-state index in [2.05, 4.69) is 0 Å². The SMILES string of the molecule is O=C(O)c1cccc(F)c1-c1ccccc1F. The minimum Gasteiger partial charge on any atom is -0.478 e. The number of carboxylic acid groups (broad SMARTS) is 1. The zero-order valence-corrected chi connectivity index (χ0v) is 8.65. The van der Waals surface area contributed by atoms with Crippen LogP contribution in [0.2, 0.25) is 0 Å². The van der Waals surface area contributed by atoms with E-state index in [9.17, 15) is 13.6 Å². The van der Waals surface area contributed by atoms with Crippen LogP contribution in [-0.2, 0) is 0 Å². The average molecular weight is 234 g/mol. The van der Waals surface area contributed by atoms with Gasteiger partial charge in [-0.2, -0.15) is 0 Å². The third kappa shape index (κ3) is 2.01. The maximum absolute atomic E-state index is 13.6. The first kappa shape index (κ1) is 11.3. The number of hydrogen-bond donors (Lipinski definition) is 1. The van der Waals surface area contributed by atoms with Crippen molar-refractivity contribution in [1.82, 2.24) is 0 Å². The second-order valence-electron chi connectivity index (χ2n) is 3.45. The number of carbonyl (C=O) groups is 1. The molecule has 0 bridgehead atoms. The maximum Gasteiger partial charge on any atom is 0.336 e. The zero-order chi connectivity index (χ0) is 12.4. The minimum atomic E-state index is -1.29. The van der Waals surface area contributed by atoms with Crippen LogP contribution >= 0.6 is 0 Å². The molecule has 0 radical (unpaired) electrons. The lowest BCUT2D eigenvalue weighted by Crippen LogP contribution is -2.02. The summed E-state index contributed by atoms with van der Waals surface area (Å²) in [6.07, 6.45) is 0. The molecule has 2 aromatic rings. The minimum absolute atomic E-state index is 0.0528. The average Bonchev–Trinajstić information content (AvgIpc) is 2.30. The van der Waals surface area contributed by atoms with Gasteiger partial charge in [-0.15, -0.1) is 0 Å². The Bertz CT molecular complexity index is 579. The number of hydrogen-bond acceptors (Lipinski definition) is 1. The number of halogens is 2.